The normalized spacial score (nSPS) is 20.4. The molecule has 1 aliphatic rings. The van der Waals surface area contributed by atoms with E-state index in [1.165, 1.54) is 22.8 Å². The highest BCUT2D eigenvalue weighted by Crippen LogP contribution is 2.28. The van der Waals surface area contributed by atoms with Gasteiger partial charge < -0.3 is 10.3 Å². The first-order valence-electron chi connectivity index (χ1n) is 6.16. The van der Waals surface area contributed by atoms with Gasteiger partial charge >= 0.3 is 0 Å². The summed E-state index contributed by atoms with van der Waals surface area (Å²) in [6.45, 7) is 3.06. The Morgan fingerprint density at radius 1 is 1.44 bits per heavy atom. The van der Waals surface area contributed by atoms with Gasteiger partial charge in [0.05, 0.1) is 11.0 Å². The number of nitrogen functional groups attached to an aromatic ring is 1. The van der Waals surface area contributed by atoms with E-state index in [4.69, 9.17) is 5.73 Å². The summed E-state index contributed by atoms with van der Waals surface area (Å²) in [6.07, 6.45) is 0. The molecule has 1 unspecified atom stereocenters. The molecule has 96 valence electrons. The summed E-state index contributed by atoms with van der Waals surface area (Å²) in [6, 6.07) is 6.36. The summed E-state index contributed by atoms with van der Waals surface area (Å²) >= 11 is 4.10. The van der Waals surface area contributed by atoms with E-state index in [-0.39, 0.29) is 0 Å². The Balaban J connectivity index is 1.92. The number of nitrogens with zero attached hydrogens (tertiary/aromatic N) is 2. The van der Waals surface area contributed by atoms with Gasteiger partial charge in [-0.2, -0.15) is 23.5 Å². The number of hydrogen-bond donors (Lipinski definition) is 1. The van der Waals surface area contributed by atoms with E-state index in [9.17, 15) is 0 Å². The van der Waals surface area contributed by atoms with Crippen LogP contribution >= 0.6 is 23.5 Å². The van der Waals surface area contributed by atoms with E-state index in [0.29, 0.717) is 11.2 Å². The maximum Gasteiger partial charge on any atom is 0.201 e. The summed E-state index contributed by atoms with van der Waals surface area (Å²) in [5.74, 6) is 4.39. The molecule has 3 rings (SSSR count). The van der Waals surface area contributed by atoms with Crippen molar-refractivity contribution in [2.45, 2.75) is 18.7 Å². The number of rotatable bonds is 2. The molecule has 0 amide bonds. The number of aryl methyl sites for hydroxylation is 1. The molecule has 0 saturated carbocycles. The zero-order chi connectivity index (χ0) is 12.5. The van der Waals surface area contributed by atoms with Crippen LogP contribution in [0.3, 0.4) is 0 Å². The lowest BCUT2D eigenvalue weighted by Crippen LogP contribution is -2.21. The minimum absolute atomic E-state index is 0.645. The first-order valence-corrected chi connectivity index (χ1v) is 8.36. The highest BCUT2D eigenvalue weighted by atomic mass is 32.2. The number of thioether (sulfide) groups is 2. The minimum atomic E-state index is 0.645. The highest BCUT2D eigenvalue weighted by Gasteiger charge is 2.17. The second-order valence-electron chi connectivity index (χ2n) is 4.64. The van der Waals surface area contributed by atoms with Gasteiger partial charge in [0.25, 0.3) is 0 Å². The van der Waals surface area contributed by atoms with Gasteiger partial charge in [0.1, 0.15) is 0 Å². The second-order valence-corrected chi connectivity index (χ2v) is 7.20. The predicted octanol–water partition coefficient (Wildman–Crippen LogP) is 2.78. The molecule has 2 aromatic rings. The average molecular weight is 279 g/mol. The molecule has 0 bridgehead atoms. The Morgan fingerprint density at radius 2 is 2.33 bits per heavy atom. The number of hydrogen-bond acceptors (Lipinski definition) is 4. The maximum absolute atomic E-state index is 6.06. The lowest BCUT2D eigenvalue weighted by Gasteiger charge is -2.22. The van der Waals surface area contributed by atoms with Crippen LogP contribution in [0.15, 0.2) is 18.2 Å². The fourth-order valence-corrected chi connectivity index (χ4v) is 4.95. The Morgan fingerprint density at radius 3 is 3.11 bits per heavy atom. The molecule has 0 spiro atoms. The van der Waals surface area contributed by atoms with Crippen molar-refractivity contribution in [3.63, 3.8) is 0 Å². The molecule has 5 heteroatoms. The van der Waals surface area contributed by atoms with Crippen molar-refractivity contribution in [3.8, 4) is 0 Å². The Bertz CT molecular complexity index is 559. The van der Waals surface area contributed by atoms with Crippen LogP contribution in [0, 0.1) is 6.92 Å². The molecule has 1 aliphatic heterocycles. The number of fused-ring (bicyclic) bond motifs is 1. The number of imidazole rings is 1. The fourth-order valence-electron chi connectivity index (χ4n) is 2.30. The van der Waals surface area contributed by atoms with Crippen LogP contribution in [-0.2, 0) is 6.54 Å². The largest absolute Gasteiger partial charge is 0.369 e. The maximum atomic E-state index is 6.06. The van der Waals surface area contributed by atoms with E-state index in [1.807, 2.05) is 11.8 Å². The predicted molar refractivity (Wildman–Crippen MR) is 82.5 cm³/mol. The van der Waals surface area contributed by atoms with Crippen LogP contribution in [0.25, 0.3) is 11.0 Å². The van der Waals surface area contributed by atoms with Crippen molar-refractivity contribution >= 4 is 40.5 Å². The van der Waals surface area contributed by atoms with Gasteiger partial charge in [0.15, 0.2) is 0 Å². The lowest BCUT2D eigenvalue weighted by molar-refractivity contribution is 0.724. The third-order valence-electron chi connectivity index (χ3n) is 3.20. The monoisotopic (exact) mass is 279 g/mol. The van der Waals surface area contributed by atoms with Gasteiger partial charge in [-0.05, 0) is 24.6 Å². The Labute approximate surface area is 116 Å². The highest BCUT2D eigenvalue weighted by molar-refractivity contribution is 8.06. The molecule has 1 atom stereocenters. The summed E-state index contributed by atoms with van der Waals surface area (Å²) in [5.41, 5.74) is 9.46. The topological polar surface area (TPSA) is 43.8 Å². The zero-order valence-corrected chi connectivity index (χ0v) is 12.1. The molecule has 1 fully saturated rings. The minimum Gasteiger partial charge on any atom is -0.369 e. The molecule has 3 nitrogen and oxygen atoms in total. The van der Waals surface area contributed by atoms with Gasteiger partial charge in [-0.3, -0.25) is 0 Å². The van der Waals surface area contributed by atoms with Gasteiger partial charge in [0, 0.05) is 29.1 Å². The first kappa shape index (κ1) is 12.2. The average Bonchev–Trinajstić information content (AvgIpc) is 2.66. The molecule has 2 heterocycles. The van der Waals surface area contributed by atoms with Gasteiger partial charge in [-0.1, -0.05) is 6.07 Å². The van der Waals surface area contributed by atoms with Crippen LogP contribution in [-0.4, -0.2) is 32.1 Å². The van der Waals surface area contributed by atoms with Crippen LogP contribution in [0.4, 0.5) is 5.95 Å². The first-order chi connectivity index (χ1) is 8.74. The van der Waals surface area contributed by atoms with Crippen molar-refractivity contribution in [2.24, 2.45) is 0 Å². The van der Waals surface area contributed by atoms with Gasteiger partial charge in [-0.25, -0.2) is 4.98 Å². The van der Waals surface area contributed by atoms with Crippen molar-refractivity contribution in [3.05, 3.63) is 23.8 Å². The van der Waals surface area contributed by atoms with Gasteiger partial charge in [-0.15, -0.1) is 0 Å². The molecule has 1 saturated heterocycles. The Kier molecular flexibility index (Phi) is 3.43. The lowest BCUT2D eigenvalue weighted by atomic mass is 10.2. The third kappa shape index (κ3) is 2.34. The summed E-state index contributed by atoms with van der Waals surface area (Å²) < 4.78 is 2.16. The number of nitrogens with two attached hydrogens (primary N) is 1. The van der Waals surface area contributed by atoms with E-state index >= 15 is 0 Å². The third-order valence-corrected chi connectivity index (χ3v) is 6.03. The van der Waals surface area contributed by atoms with Crippen molar-refractivity contribution in [1.29, 1.82) is 0 Å². The molecular weight excluding hydrogens is 262 g/mol. The number of aromatic nitrogens is 2. The summed E-state index contributed by atoms with van der Waals surface area (Å²) in [4.78, 5) is 4.46. The van der Waals surface area contributed by atoms with Crippen molar-refractivity contribution in [2.75, 3.05) is 23.0 Å². The molecule has 0 radical (unpaired) electrons. The zero-order valence-electron chi connectivity index (χ0n) is 10.4. The Hall–Kier alpha value is -0.810. The van der Waals surface area contributed by atoms with E-state index in [2.05, 4.69) is 46.4 Å². The number of benzene rings is 1. The molecule has 2 N–H and O–H groups in total. The van der Waals surface area contributed by atoms with Crippen LogP contribution in [0.5, 0.6) is 0 Å². The van der Waals surface area contributed by atoms with E-state index in [0.717, 1.165) is 17.6 Å². The standard InChI is InChI=1S/C13H17N3S2/c1-9-2-3-12-11(6-9)15-13(14)16(12)7-10-8-17-4-5-18-10/h2-3,6,10H,4-5,7-8H2,1H3,(H2,14,15). The van der Waals surface area contributed by atoms with Crippen LogP contribution in [0.1, 0.15) is 5.56 Å². The molecule has 1 aromatic heterocycles. The smallest absolute Gasteiger partial charge is 0.201 e. The molecule has 0 aliphatic carbocycles. The van der Waals surface area contributed by atoms with Crippen LogP contribution in [0.2, 0.25) is 0 Å². The van der Waals surface area contributed by atoms with E-state index in [1.54, 1.807) is 0 Å². The SMILES string of the molecule is Cc1ccc2c(c1)nc(N)n2CC1CSCCS1. The summed E-state index contributed by atoms with van der Waals surface area (Å²) in [7, 11) is 0. The van der Waals surface area contributed by atoms with Crippen molar-refractivity contribution in [1.82, 2.24) is 9.55 Å². The summed E-state index contributed by atoms with van der Waals surface area (Å²) in [5, 5.41) is 0.657. The quantitative estimate of drug-likeness (QED) is 0.918. The second kappa shape index (κ2) is 5.05. The molecular formula is C13H17N3S2. The van der Waals surface area contributed by atoms with Crippen molar-refractivity contribution < 1.29 is 0 Å². The van der Waals surface area contributed by atoms with E-state index < -0.39 is 0 Å². The molecule has 1 aromatic carbocycles. The number of anilines is 1. The fraction of sp³-hybridized carbons (Fsp3) is 0.462. The molecule has 18 heavy (non-hydrogen) atoms. The van der Waals surface area contributed by atoms with Crippen LogP contribution < -0.4 is 5.73 Å². The van der Waals surface area contributed by atoms with Gasteiger partial charge in [0.2, 0.25) is 5.95 Å².